The van der Waals surface area contributed by atoms with Crippen LogP contribution in [0.2, 0.25) is 0 Å². The minimum absolute atomic E-state index is 0.262. The van der Waals surface area contributed by atoms with Crippen molar-refractivity contribution in [3.63, 3.8) is 0 Å². The summed E-state index contributed by atoms with van der Waals surface area (Å²) in [6.07, 6.45) is 6.29. The predicted octanol–water partition coefficient (Wildman–Crippen LogP) is 0.829. The number of aldehydes is 1. The monoisotopic (exact) mass is 241 g/mol. The molecule has 4 nitrogen and oxygen atoms in total. The Kier molecular flexibility index (Phi) is 4.54. The fourth-order valence-corrected chi connectivity index (χ4v) is 3.04. The summed E-state index contributed by atoms with van der Waals surface area (Å²) in [6.45, 7) is 3.50. The molecule has 0 radical (unpaired) electrons. The zero-order valence-corrected chi connectivity index (χ0v) is 10.4. The molecule has 2 unspecified atom stereocenters. The lowest BCUT2D eigenvalue weighted by molar-refractivity contribution is -0.117. The number of aliphatic hydroxyl groups excluding tert-OH is 1. The van der Waals surface area contributed by atoms with Crippen LogP contribution >= 0.6 is 0 Å². The van der Waals surface area contributed by atoms with Crippen LogP contribution in [-0.2, 0) is 9.53 Å². The second-order valence-electron chi connectivity index (χ2n) is 5.42. The third-order valence-electron chi connectivity index (χ3n) is 4.10. The zero-order chi connectivity index (χ0) is 12.1. The average Bonchev–Trinajstić information content (AvgIpc) is 2.97. The van der Waals surface area contributed by atoms with Gasteiger partial charge in [-0.1, -0.05) is 0 Å². The molecule has 1 N–H and O–H groups in total. The maximum Gasteiger partial charge on any atom is 0.129 e. The molecular weight excluding hydrogens is 218 g/mol. The molecule has 0 aliphatic carbocycles. The van der Waals surface area contributed by atoms with Gasteiger partial charge >= 0.3 is 0 Å². The number of carbonyl (C=O) groups excluding carboxylic acids is 1. The predicted molar refractivity (Wildman–Crippen MR) is 64.8 cm³/mol. The highest BCUT2D eigenvalue weighted by Gasteiger charge is 2.39. The molecule has 98 valence electrons. The van der Waals surface area contributed by atoms with E-state index < -0.39 is 0 Å². The molecule has 4 heteroatoms. The molecule has 0 amide bonds. The molecule has 17 heavy (non-hydrogen) atoms. The molecule has 0 aromatic carbocycles. The number of likely N-dealkylation sites (tertiary alicyclic amines) is 1. The van der Waals surface area contributed by atoms with Crippen LogP contribution in [0.25, 0.3) is 0 Å². The topological polar surface area (TPSA) is 49.8 Å². The fraction of sp³-hybridized carbons (Fsp3) is 0.923. The van der Waals surface area contributed by atoms with Gasteiger partial charge in [0.1, 0.15) is 6.29 Å². The highest BCUT2D eigenvalue weighted by Crippen LogP contribution is 2.31. The van der Waals surface area contributed by atoms with E-state index in [0.29, 0.717) is 19.3 Å². The first-order valence-corrected chi connectivity index (χ1v) is 6.69. The normalized spacial score (nSPS) is 34.3. The van der Waals surface area contributed by atoms with Crippen molar-refractivity contribution in [2.45, 2.75) is 38.1 Å². The van der Waals surface area contributed by atoms with E-state index in [-0.39, 0.29) is 12.0 Å². The molecule has 2 atom stereocenters. The second-order valence-corrected chi connectivity index (χ2v) is 5.42. The van der Waals surface area contributed by atoms with Crippen molar-refractivity contribution >= 4 is 6.29 Å². The molecule has 0 aromatic heterocycles. The van der Waals surface area contributed by atoms with Crippen molar-refractivity contribution in [2.24, 2.45) is 5.41 Å². The SMILES string of the molecule is O=CC1(CN2CCCC2CCCO)CCOC1. The fourth-order valence-electron chi connectivity index (χ4n) is 3.04. The van der Waals surface area contributed by atoms with E-state index in [1.807, 2.05) is 0 Å². The summed E-state index contributed by atoms with van der Waals surface area (Å²) < 4.78 is 5.38. The van der Waals surface area contributed by atoms with Crippen LogP contribution in [-0.4, -0.2) is 55.2 Å². The Morgan fingerprint density at radius 1 is 1.53 bits per heavy atom. The Labute approximate surface area is 103 Å². The molecular formula is C13H23NO3. The molecule has 0 aromatic rings. The van der Waals surface area contributed by atoms with Gasteiger partial charge in [0.25, 0.3) is 0 Å². The number of hydrogen-bond acceptors (Lipinski definition) is 4. The van der Waals surface area contributed by atoms with E-state index in [2.05, 4.69) is 4.90 Å². The van der Waals surface area contributed by atoms with Crippen LogP contribution in [0.5, 0.6) is 0 Å². The van der Waals surface area contributed by atoms with E-state index >= 15 is 0 Å². The highest BCUT2D eigenvalue weighted by atomic mass is 16.5. The first-order chi connectivity index (χ1) is 8.29. The minimum atomic E-state index is -0.262. The number of ether oxygens (including phenoxy) is 1. The van der Waals surface area contributed by atoms with Gasteiger partial charge in [0.05, 0.1) is 12.0 Å². The third kappa shape index (κ3) is 3.06. The molecule has 2 rings (SSSR count). The van der Waals surface area contributed by atoms with Gasteiger partial charge in [-0.2, -0.15) is 0 Å². The maximum absolute atomic E-state index is 11.3. The number of nitrogens with zero attached hydrogens (tertiary/aromatic N) is 1. The van der Waals surface area contributed by atoms with Gasteiger partial charge in [-0.05, 0) is 38.6 Å². The van der Waals surface area contributed by atoms with Crippen molar-refractivity contribution in [3.05, 3.63) is 0 Å². The molecule has 2 saturated heterocycles. The lowest BCUT2D eigenvalue weighted by Gasteiger charge is -2.31. The first-order valence-electron chi connectivity index (χ1n) is 6.69. The lowest BCUT2D eigenvalue weighted by atomic mass is 9.88. The summed E-state index contributed by atoms with van der Waals surface area (Å²) in [5.41, 5.74) is -0.262. The van der Waals surface area contributed by atoms with Gasteiger partial charge in [-0.25, -0.2) is 0 Å². The zero-order valence-electron chi connectivity index (χ0n) is 10.4. The summed E-state index contributed by atoms with van der Waals surface area (Å²) in [4.78, 5) is 13.7. The standard InChI is InChI=1S/C13H23NO3/c15-7-2-4-12-3-1-6-14(12)9-13(10-16)5-8-17-11-13/h10,12,15H,1-9,11H2. The maximum atomic E-state index is 11.3. The number of hydrogen-bond donors (Lipinski definition) is 1. The first kappa shape index (κ1) is 13.0. The highest BCUT2D eigenvalue weighted by molar-refractivity contribution is 5.60. The van der Waals surface area contributed by atoms with Crippen molar-refractivity contribution in [2.75, 3.05) is 32.9 Å². The van der Waals surface area contributed by atoms with Crippen molar-refractivity contribution in [1.82, 2.24) is 4.90 Å². The van der Waals surface area contributed by atoms with Gasteiger partial charge in [-0.15, -0.1) is 0 Å². The second kappa shape index (κ2) is 5.94. The average molecular weight is 241 g/mol. The Balaban J connectivity index is 1.89. The van der Waals surface area contributed by atoms with Crippen LogP contribution in [0.4, 0.5) is 0 Å². The van der Waals surface area contributed by atoms with Gasteiger partial charge < -0.3 is 14.6 Å². The van der Waals surface area contributed by atoms with Crippen molar-refractivity contribution < 1.29 is 14.6 Å². The van der Waals surface area contributed by atoms with E-state index in [9.17, 15) is 4.79 Å². The number of aliphatic hydroxyl groups is 1. The Bertz CT molecular complexity index is 251. The Morgan fingerprint density at radius 3 is 3.06 bits per heavy atom. The molecule has 0 saturated carbocycles. The van der Waals surface area contributed by atoms with Gasteiger partial charge in [-0.3, -0.25) is 4.90 Å². The molecule has 0 spiro atoms. The summed E-state index contributed by atoms with van der Waals surface area (Å²) >= 11 is 0. The lowest BCUT2D eigenvalue weighted by Crippen LogP contribution is -2.42. The minimum Gasteiger partial charge on any atom is -0.396 e. The van der Waals surface area contributed by atoms with Crippen LogP contribution < -0.4 is 0 Å². The summed E-state index contributed by atoms with van der Waals surface area (Å²) in [5, 5.41) is 8.90. The molecule has 2 heterocycles. The smallest absolute Gasteiger partial charge is 0.129 e. The molecule has 2 fully saturated rings. The summed E-state index contributed by atoms with van der Waals surface area (Å²) in [5.74, 6) is 0. The van der Waals surface area contributed by atoms with Crippen molar-refractivity contribution in [1.29, 1.82) is 0 Å². The van der Waals surface area contributed by atoms with Crippen molar-refractivity contribution in [3.8, 4) is 0 Å². The third-order valence-corrected chi connectivity index (χ3v) is 4.10. The van der Waals surface area contributed by atoms with E-state index in [1.54, 1.807) is 0 Å². The number of carbonyl (C=O) groups is 1. The number of rotatable bonds is 6. The van der Waals surface area contributed by atoms with Crippen LogP contribution in [0.1, 0.15) is 32.1 Å². The van der Waals surface area contributed by atoms with E-state index in [4.69, 9.17) is 9.84 Å². The van der Waals surface area contributed by atoms with E-state index in [0.717, 1.165) is 38.6 Å². The summed E-state index contributed by atoms with van der Waals surface area (Å²) in [7, 11) is 0. The molecule has 2 aliphatic rings. The van der Waals surface area contributed by atoms with E-state index in [1.165, 1.54) is 12.8 Å². The van der Waals surface area contributed by atoms with Gasteiger partial charge in [0.15, 0.2) is 0 Å². The Morgan fingerprint density at radius 2 is 2.41 bits per heavy atom. The quantitative estimate of drug-likeness (QED) is 0.700. The van der Waals surface area contributed by atoms with Gasteiger partial charge in [0.2, 0.25) is 0 Å². The van der Waals surface area contributed by atoms with Crippen LogP contribution in [0.3, 0.4) is 0 Å². The van der Waals surface area contributed by atoms with Crippen LogP contribution in [0, 0.1) is 5.41 Å². The van der Waals surface area contributed by atoms with Crippen LogP contribution in [0.15, 0.2) is 0 Å². The Hall–Kier alpha value is -0.450. The largest absolute Gasteiger partial charge is 0.396 e. The molecule has 2 aliphatic heterocycles. The van der Waals surface area contributed by atoms with Gasteiger partial charge in [0, 0.05) is 25.8 Å². The molecule has 0 bridgehead atoms. The summed E-state index contributed by atoms with van der Waals surface area (Å²) in [6, 6.07) is 0.555.